The maximum absolute atomic E-state index is 12.5. The molecule has 1 aromatic heterocycles. The average Bonchev–Trinajstić information content (AvgIpc) is 3.09. The van der Waals surface area contributed by atoms with Crippen LogP contribution in [0.4, 0.5) is 5.69 Å². The molecule has 1 N–H and O–H groups in total. The molecule has 0 radical (unpaired) electrons. The summed E-state index contributed by atoms with van der Waals surface area (Å²) in [5.74, 6) is -0.303. The van der Waals surface area contributed by atoms with Crippen molar-refractivity contribution in [2.45, 2.75) is 20.0 Å². The van der Waals surface area contributed by atoms with Crippen molar-refractivity contribution in [3.05, 3.63) is 85.6 Å². The second-order valence-electron chi connectivity index (χ2n) is 7.08. The molecule has 3 rings (SSSR count). The largest absolute Gasteiger partial charge is 0.347 e. The van der Waals surface area contributed by atoms with Crippen molar-refractivity contribution < 1.29 is 9.72 Å². The van der Waals surface area contributed by atoms with E-state index in [9.17, 15) is 14.9 Å². The Labute approximate surface area is 173 Å². The molecule has 7 heteroatoms. The van der Waals surface area contributed by atoms with Crippen LogP contribution in [0.2, 0.25) is 0 Å². The average molecular weight is 410 g/mol. The number of hydrogen-bond donors (Lipinski definition) is 1. The van der Waals surface area contributed by atoms with Crippen LogP contribution in [0, 0.1) is 17.0 Å². The predicted octanol–water partition coefficient (Wildman–Crippen LogP) is 4.62. The number of amides is 1. The van der Waals surface area contributed by atoms with Crippen LogP contribution in [0.3, 0.4) is 0 Å². The molecule has 0 bridgehead atoms. The van der Waals surface area contributed by atoms with Crippen molar-refractivity contribution in [2.75, 3.05) is 14.1 Å². The van der Waals surface area contributed by atoms with Gasteiger partial charge in [0.2, 0.25) is 0 Å². The van der Waals surface area contributed by atoms with E-state index in [-0.39, 0.29) is 11.6 Å². The maximum Gasteiger partial charge on any atom is 0.283 e. The minimum absolute atomic E-state index is 0.0154. The highest BCUT2D eigenvalue weighted by molar-refractivity contribution is 7.14. The zero-order valence-electron chi connectivity index (χ0n) is 16.6. The normalized spacial score (nSPS) is 10.9. The number of carbonyl (C=O) groups excluding carboxylic acids is 1. The third-order valence-corrected chi connectivity index (χ3v) is 5.57. The van der Waals surface area contributed by atoms with Gasteiger partial charge >= 0.3 is 0 Å². The molecule has 2 aromatic carbocycles. The Morgan fingerprint density at radius 3 is 2.45 bits per heavy atom. The first-order valence-electron chi connectivity index (χ1n) is 9.20. The van der Waals surface area contributed by atoms with Crippen LogP contribution in [-0.2, 0) is 13.1 Å². The van der Waals surface area contributed by atoms with Crippen LogP contribution in [0.5, 0.6) is 0 Å². The molecule has 0 aliphatic rings. The molecule has 3 aromatic rings. The number of thiophene rings is 1. The molecule has 0 spiro atoms. The topological polar surface area (TPSA) is 75.5 Å². The molecular formula is C22H23N3O3S. The van der Waals surface area contributed by atoms with Crippen molar-refractivity contribution in [3.8, 4) is 11.1 Å². The number of hydrogen-bond acceptors (Lipinski definition) is 5. The number of rotatable bonds is 7. The smallest absolute Gasteiger partial charge is 0.283 e. The van der Waals surface area contributed by atoms with Gasteiger partial charge in [-0.3, -0.25) is 14.9 Å². The number of nitrogens with zero attached hydrogens (tertiary/aromatic N) is 2. The molecule has 0 unspecified atom stereocenters. The molecule has 1 amide bonds. The molecule has 1 heterocycles. The summed E-state index contributed by atoms with van der Waals surface area (Å²) >= 11 is 1.14. The van der Waals surface area contributed by atoms with Gasteiger partial charge in [-0.2, -0.15) is 0 Å². The lowest BCUT2D eigenvalue weighted by atomic mass is 9.98. The van der Waals surface area contributed by atoms with E-state index in [1.807, 2.05) is 38.4 Å². The van der Waals surface area contributed by atoms with Gasteiger partial charge in [-0.05, 0) is 43.3 Å². The first-order valence-corrected chi connectivity index (χ1v) is 10.0. The molecule has 0 atom stereocenters. The summed E-state index contributed by atoms with van der Waals surface area (Å²) in [5.41, 5.74) is 4.35. The number of nitrogens with one attached hydrogen (secondary N) is 1. The van der Waals surface area contributed by atoms with E-state index in [1.165, 1.54) is 11.6 Å². The van der Waals surface area contributed by atoms with E-state index in [2.05, 4.69) is 34.5 Å². The van der Waals surface area contributed by atoms with E-state index >= 15 is 0 Å². The molecule has 0 saturated heterocycles. The van der Waals surface area contributed by atoms with Gasteiger partial charge in [-0.15, -0.1) is 11.3 Å². The van der Waals surface area contributed by atoms with E-state index in [0.717, 1.165) is 34.6 Å². The van der Waals surface area contributed by atoms with Crippen molar-refractivity contribution in [3.63, 3.8) is 0 Å². The number of aryl methyl sites for hydroxylation is 1. The van der Waals surface area contributed by atoms with Gasteiger partial charge in [0.25, 0.3) is 11.6 Å². The van der Waals surface area contributed by atoms with Gasteiger partial charge in [0.05, 0.1) is 14.7 Å². The molecule has 150 valence electrons. The van der Waals surface area contributed by atoms with Gasteiger partial charge in [0.1, 0.15) is 0 Å². The fourth-order valence-corrected chi connectivity index (χ4v) is 4.04. The van der Waals surface area contributed by atoms with Crippen molar-refractivity contribution in [2.24, 2.45) is 0 Å². The lowest BCUT2D eigenvalue weighted by molar-refractivity contribution is -0.385. The minimum Gasteiger partial charge on any atom is -0.347 e. The zero-order valence-corrected chi connectivity index (χ0v) is 17.5. The molecule has 0 aliphatic carbocycles. The third-order valence-electron chi connectivity index (χ3n) is 4.53. The molecule has 0 aliphatic heterocycles. The van der Waals surface area contributed by atoms with E-state index < -0.39 is 4.92 Å². The van der Waals surface area contributed by atoms with Crippen molar-refractivity contribution in [1.82, 2.24) is 10.2 Å². The predicted molar refractivity (Wildman–Crippen MR) is 116 cm³/mol. The zero-order chi connectivity index (χ0) is 21.0. The van der Waals surface area contributed by atoms with Gasteiger partial charge in [-0.1, -0.05) is 48.5 Å². The number of carbonyl (C=O) groups is 1. The highest BCUT2D eigenvalue weighted by Crippen LogP contribution is 2.28. The second-order valence-corrected chi connectivity index (χ2v) is 8.34. The van der Waals surface area contributed by atoms with Gasteiger partial charge in [0, 0.05) is 19.2 Å². The van der Waals surface area contributed by atoms with E-state index in [4.69, 9.17) is 0 Å². The lowest BCUT2D eigenvalue weighted by Gasteiger charge is -2.13. The second kappa shape index (κ2) is 8.98. The van der Waals surface area contributed by atoms with Gasteiger partial charge < -0.3 is 10.2 Å². The Kier molecular flexibility index (Phi) is 6.41. The van der Waals surface area contributed by atoms with Crippen molar-refractivity contribution in [1.29, 1.82) is 0 Å². The van der Waals surface area contributed by atoms with Gasteiger partial charge in [0.15, 0.2) is 0 Å². The Bertz CT molecular complexity index is 1030. The van der Waals surface area contributed by atoms with E-state index in [0.29, 0.717) is 16.3 Å². The summed E-state index contributed by atoms with van der Waals surface area (Å²) in [5, 5.41) is 13.9. The Balaban J connectivity index is 1.75. The van der Waals surface area contributed by atoms with E-state index in [1.54, 1.807) is 6.92 Å². The van der Waals surface area contributed by atoms with Crippen LogP contribution in [-0.4, -0.2) is 29.8 Å². The SMILES string of the molecule is Cc1sc(C(=O)NCc2ccccc2-c2ccc(CN(C)C)cc2)cc1[N+](=O)[O-]. The lowest BCUT2D eigenvalue weighted by Crippen LogP contribution is -2.22. The van der Waals surface area contributed by atoms with Gasteiger partial charge in [-0.25, -0.2) is 0 Å². The summed E-state index contributed by atoms with van der Waals surface area (Å²) < 4.78 is 0. The minimum atomic E-state index is -0.460. The standard InChI is InChI=1S/C22H23N3O3S/c1-15-20(25(27)28)12-21(29-15)22(26)23-13-18-6-4-5-7-19(18)17-10-8-16(9-11-17)14-24(2)3/h4-12H,13-14H2,1-3H3,(H,23,26). The van der Waals surface area contributed by atoms with Crippen LogP contribution in [0.15, 0.2) is 54.6 Å². The van der Waals surface area contributed by atoms with Crippen molar-refractivity contribution >= 4 is 22.9 Å². The maximum atomic E-state index is 12.5. The highest BCUT2D eigenvalue weighted by atomic mass is 32.1. The van der Waals surface area contributed by atoms with Crippen LogP contribution < -0.4 is 5.32 Å². The fourth-order valence-electron chi connectivity index (χ4n) is 3.14. The Hall–Kier alpha value is -3.03. The summed E-state index contributed by atoms with van der Waals surface area (Å²) in [6.45, 7) is 2.87. The Morgan fingerprint density at radius 1 is 1.14 bits per heavy atom. The molecule has 6 nitrogen and oxygen atoms in total. The first kappa shape index (κ1) is 20.7. The first-order chi connectivity index (χ1) is 13.8. The summed E-state index contributed by atoms with van der Waals surface area (Å²) in [4.78, 5) is 26.0. The Morgan fingerprint density at radius 2 is 1.83 bits per heavy atom. The molecule has 0 saturated carbocycles. The monoisotopic (exact) mass is 409 g/mol. The quantitative estimate of drug-likeness (QED) is 0.456. The number of nitro groups is 1. The molecular weight excluding hydrogens is 386 g/mol. The van der Waals surface area contributed by atoms with Crippen LogP contribution in [0.25, 0.3) is 11.1 Å². The summed E-state index contributed by atoms with van der Waals surface area (Å²) in [7, 11) is 4.07. The van der Waals surface area contributed by atoms with Crippen LogP contribution in [0.1, 0.15) is 25.7 Å². The molecule has 29 heavy (non-hydrogen) atoms. The highest BCUT2D eigenvalue weighted by Gasteiger charge is 2.19. The summed E-state index contributed by atoms with van der Waals surface area (Å²) in [6, 6.07) is 17.7. The summed E-state index contributed by atoms with van der Waals surface area (Å²) in [6.07, 6.45) is 0. The number of benzene rings is 2. The molecule has 0 fully saturated rings. The fraction of sp³-hybridized carbons (Fsp3) is 0.227. The third kappa shape index (κ3) is 5.07. The van der Waals surface area contributed by atoms with Crippen LogP contribution >= 0.6 is 11.3 Å².